The molecule has 1 aromatic heterocycles. The van der Waals surface area contributed by atoms with Gasteiger partial charge in [-0.05, 0) is 11.1 Å². The van der Waals surface area contributed by atoms with Gasteiger partial charge in [0.05, 0.1) is 11.4 Å². The van der Waals surface area contributed by atoms with Gasteiger partial charge in [0.15, 0.2) is 0 Å². The number of nitrogens with zero attached hydrogens (tertiary/aromatic N) is 1. The number of hydrogen-bond acceptors (Lipinski definition) is 2. The predicted octanol–water partition coefficient (Wildman–Crippen LogP) is 3.63. The van der Waals surface area contributed by atoms with Crippen molar-refractivity contribution in [1.29, 1.82) is 0 Å². The van der Waals surface area contributed by atoms with Crippen molar-refractivity contribution < 1.29 is 0 Å². The van der Waals surface area contributed by atoms with E-state index in [9.17, 15) is 4.79 Å². The summed E-state index contributed by atoms with van der Waals surface area (Å²) in [5, 5.41) is 0. The van der Waals surface area contributed by atoms with Crippen LogP contribution < -0.4 is 5.56 Å². The van der Waals surface area contributed by atoms with E-state index in [0.29, 0.717) is 6.54 Å². The molecule has 94 valence electrons. The monoisotopic (exact) mass is 267 g/mol. The molecule has 2 aromatic carbocycles. The second kappa shape index (κ2) is 5.24. The normalized spacial score (nSPS) is 10.5. The lowest BCUT2D eigenvalue weighted by atomic mass is 10.2. The Morgan fingerprint density at radius 1 is 0.895 bits per heavy atom. The summed E-state index contributed by atoms with van der Waals surface area (Å²) < 4.78 is 1.79. The van der Waals surface area contributed by atoms with Gasteiger partial charge in [-0.3, -0.25) is 8.75 Å². The lowest BCUT2D eigenvalue weighted by Crippen LogP contribution is -2.12. The SMILES string of the molecule is O=c1cc(-c2ccccc2)sn1Cc1ccccc1. The fourth-order valence-corrected chi connectivity index (χ4v) is 2.96. The first-order valence-corrected chi connectivity index (χ1v) is 6.91. The third-order valence-corrected chi connectivity index (χ3v) is 4.02. The predicted molar refractivity (Wildman–Crippen MR) is 79.6 cm³/mol. The molecule has 19 heavy (non-hydrogen) atoms. The van der Waals surface area contributed by atoms with Crippen LogP contribution in [0.2, 0.25) is 0 Å². The van der Waals surface area contributed by atoms with E-state index in [-0.39, 0.29) is 5.56 Å². The molecule has 0 spiro atoms. The Bertz CT molecular complexity index is 713. The topological polar surface area (TPSA) is 22.0 Å². The molecular weight excluding hydrogens is 254 g/mol. The van der Waals surface area contributed by atoms with Crippen molar-refractivity contribution in [2.45, 2.75) is 6.54 Å². The van der Waals surface area contributed by atoms with Crippen molar-refractivity contribution in [2.24, 2.45) is 0 Å². The highest BCUT2D eigenvalue weighted by molar-refractivity contribution is 7.10. The molecule has 0 aliphatic carbocycles. The van der Waals surface area contributed by atoms with Crippen molar-refractivity contribution in [3.8, 4) is 10.4 Å². The molecule has 0 bridgehead atoms. The summed E-state index contributed by atoms with van der Waals surface area (Å²) in [5.41, 5.74) is 2.30. The molecule has 0 saturated heterocycles. The Balaban J connectivity index is 1.93. The van der Waals surface area contributed by atoms with Crippen LogP contribution in [0.5, 0.6) is 0 Å². The Morgan fingerprint density at radius 2 is 1.53 bits per heavy atom. The first kappa shape index (κ1) is 11.9. The number of rotatable bonds is 3. The zero-order chi connectivity index (χ0) is 13.1. The van der Waals surface area contributed by atoms with Crippen LogP contribution in [0, 0.1) is 0 Å². The van der Waals surface area contributed by atoms with Crippen molar-refractivity contribution in [2.75, 3.05) is 0 Å². The van der Waals surface area contributed by atoms with Gasteiger partial charge in [0, 0.05) is 6.07 Å². The van der Waals surface area contributed by atoms with E-state index in [1.165, 1.54) is 11.5 Å². The van der Waals surface area contributed by atoms with E-state index in [1.807, 2.05) is 60.7 Å². The summed E-state index contributed by atoms with van der Waals surface area (Å²) in [7, 11) is 0. The van der Waals surface area contributed by atoms with Crippen molar-refractivity contribution in [1.82, 2.24) is 3.96 Å². The van der Waals surface area contributed by atoms with Crippen LogP contribution in [0.1, 0.15) is 5.56 Å². The fourth-order valence-electron chi connectivity index (χ4n) is 1.97. The van der Waals surface area contributed by atoms with E-state index in [0.717, 1.165) is 16.0 Å². The van der Waals surface area contributed by atoms with Gasteiger partial charge in [0.25, 0.3) is 5.56 Å². The zero-order valence-electron chi connectivity index (χ0n) is 10.3. The molecule has 0 atom stereocenters. The first-order chi connectivity index (χ1) is 9.33. The van der Waals surface area contributed by atoms with Gasteiger partial charge in [-0.25, -0.2) is 0 Å². The smallest absolute Gasteiger partial charge is 0.261 e. The molecule has 0 N–H and O–H groups in total. The molecule has 3 rings (SSSR count). The summed E-state index contributed by atoms with van der Waals surface area (Å²) >= 11 is 1.51. The molecule has 3 heteroatoms. The van der Waals surface area contributed by atoms with Crippen LogP contribution in [0.4, 0.5) is 0 Å². The average molecular weight is 267 g/mol. The number of aromatic nitrogens is 1. The minimum atomic E-state index is 0.0627. The van der Waals surface area contributed by atoms with Gasteiger partial charge in [0.1, 0.15) is 0 Å². The van der Waals surface area contributed by atoms with Gasteiger partial charge in [-0.15, -0.1) is 0 Å². The largest absolute Gasteiger partial charge is 0.268 e. The molecule has 0 radical (unpaired) electrons. The van der Waals surface area contributed by atoms with Crippen LogP contribution in [-0.2, 0) is 6.54 Å². The highest BCUT2D eigenvalue weighted by Crippen LogP contribution is 2.22. The lowest BCUT2D eigenvalue weighted by Gasteiger charge is -2.00. The van der Waals surface area contributed by atoms with Crippen LogP contribution in [0.25, 0.3) is 10.4 Å². The van der Waals surface area contributed by atoms with E-state index < -0.39 is 0 Å². The van der Waals surface area contributed by atoms with Crippen LogP contribution in [0.15, 0.2) is 71.5 Å². The van der Waals surface area contributed by atoms with Gasteiger partial charge < -0.3 is 0 Å². The third-order valence-electron chi connectivity index (χ3n) is 2.94. The first-order valence-electron chi connectivity index (χ1n) is 6.13. The molecule has 0 saturated carbocycles. The van der Waals surface area contributed by atoms with E-state index >= 15 is 0 Å². The minimum Gasteiger partial charge on any atom is -0.268 e. The van der Waals surface area contributed by atoms with Crippen molar-refractivity contribution in [3.63, 3.8) is 0 Å². The summed E-state index contributed by atoms with van der Waals surface area (Å²) in [6.07, 6.45) is 0. The Morgan fingerprint density at radius 3 is 2.21 bits per heavy atom. The maximum Gasteiger partial charge on any atom is 0.261 e. The van der Waals surface area contributed by atoms with Crippen molar-refractivity contribution in [3.05, 3.63) is 82.6 Å². The van der Waals surface area contributed by atoms with Gasteiger partial charge in [0.2, 0.25) is 0 Å². The molecule has 3 aromatic rings. The van der Waals surface area contributed by atoms with Crippen LogP contribution >= 0.6 is 11.5 Å². The Labute approximate surface area is 115 Å². The van der Waals surface area contributed by atoms with E-state index in [4.69, 9.17) is 0 Å². The summed E-state index contributed by atoms with van der Waals surface area (Å²) in [6, 6.07) is 21.8. The highest BCUT2D eigenvalue weighted by Gasteiger charge is 2.06. The third kappa shape index (κ3) is 2.66. The molecular formula is C16H13NOS. The number of benzene rings is 2. The Hall–Kier alpha value is -2.13. The second-order valence-corrected chi connectivity index (χ2v) is 5.39. The lowest BCUT2D eigenvalue weighted by molar-refractivity contribution is 0.849. The van der Waals surface area contributed by atoms with E-state index in [2.05, 4.69) is 0 Å². The van der Waals surface area contributed by atoms with Gasteiger partial charge in [-0.1, -0.05) is 72.2 Å². The maximum atomic E-state index is 12.0. The average Bonchev–Trinajstić information content (AvgIpc) is 2.82. The molecule has 0 aliphatic rings. The standard InChI is InChI=1S/C16H13NOS/c18-16-11-15(14-9-5-2-6-10-14)19-17(16)12-13-7-3-1-4-8-13/h1-11H,12H2. The maximum absolute atomic E-state index is 12.0. The quantitative estimate of drug-likeness (QED) is 0.710. The zero-order valence-corrected chi connectivity index (χ0v) is 11.1. The summed E-state index contributed by atoms with van der Waals surface area (Å²) in [4.78, 5) is 13.0. The fraction of sp³-hybridized carbons (Fsp3) is 0.0625. The molecule has 0 amide bonds. The molecule has 0 unspecified atom stereocenters. The van der Waals surface area contributed by atoms with Gasteiger partial charge in [-0.2, -0.15) is 0 Å². The van der Waals surface area contributed by atoms with Crippen molar-refractivity contribution >= 4 is 11.5 Å². The van der Waals surface area contributed by atoms with Crippen LogP contribution in [-0.4, -0.2) is 3.96 Å². The Kier molecular flexibility index (Phi) is 3.29. The molecule has 1 heterocycles. The highest BCUT2D eigenvalue weighted by atomic mass is 32.1. The second-order valence-electron chi connectivity index (χ2n) is 4.33. The number of hydrogen-bond donors (Lipinski definition) is 0. The van der Waals surface area contributed by atoms with Gasteiger partial charge >= 0.3 is 0 Å². The summed E-state index contributed by atoms with van der Waals surface area (Å²) in [6.45, 7) is 0.636. The minimum absolute atomic E-state index is 0.0627. The summed E-state index contributed by atoms with van der Waals surface area (Å²) in [5.74, 6) is 0. The molecule has 0 fully saturated rings. The van der Waals surface area contributed by atoms with Crippen LogP contribution in [0.3, 0.4) is 0 Å². The van der Waals surface area contributed by atoms with E-state index in [1.54, 1.807) is 10.0 Å². The molecule has 0 aliphatic heterocycles. The molecule has 2 nitrogen and oxygen atoms in total.